The molecule has 2 aliphatic rings. The molecule has 2 aliphatic carbocycles. The molecule has 0 spiro atoms. The van der Waals surface area contributed by atoms with Crippen LogP contribution >= 0.6 is 0 Å². The van der Waals surface area contributed by atoms with E-state index in [1.807, 2.05) is 0 Å². The van der Waals surface area contributed by atoms with Crippen molar-refractivity contribution in [3.63, 3.8) is 0 Å². The van der Waals surface area contributed by atoms with Crippen LogP contribution in [0.4, 0.5) is 0 Å². The fraction of sp³-hybridized carbons (Fsp3) is 1.00. The van der Waals surface area contributed by atoms with Crippen molar-refractivity contribution in [2.24, 2.45) is 29.6 Å². The van der Waals surface area contributed by atoms with Crippen LogP contribution in [0.5, 0.6) is 0 Å². The van der Waals surface area contributed by atoms with Gasteiger partial charge in [-0.15, -0.1) is 0 Å². The summed E-state index contributed by atoms with van der Waals surface area (Å²) in [5, 5.41) is 10.1. The number of hydrogen-bond acceptors (Lipinski definition) is 1. The molecule has 0 saturated heterocycles. The molecule has 2 fully saturated rings. The minimum absolute atomic E-state index is 0.0451. The van der Waals surface area contributed by atoms with Gasteiger partial charge in [0.2, 0.25) is 0 Å². The first-order valence-electron chi connectivity index (χ1n) is 6.33. The van der Waals surface area contributed by atoms with E-state index in [-0.39, 0.29) is 6.10 Å². The predicted molar refractivity (Wildman–Crippen MR) is 58.9 cm³/mol. The average Bonchev–Trinajstić information content (AvgIpc) is 2.64. The Morgan fingerprint density at radius 2 is 2.07 bits per heavy atom. The van der Waals surface area contributed by atoms with Gasteiger partial charge in [0, 0.05) is 0 Å². The maximum atomic E-state index is 10.1. The quantitative estimate of drug-likeness (QED) is 0.732. The third kappa shape index (κ3) is 1.71. The van der Waals surface area contributed by atoms with E-state index in [9.17, 15) is 5.11 Å². The molecular formula is C13H24O. The summed E-state index contributed by atoms with van der Waals surface area (Å²) in [6, 6.07) is 0. The Morgan fingerprint density at radius 3 is 2.50 bits per heavy atom. The van der Waals surface area contributed by atoms with E-state index in [1.165, 1.54) is 25.7 Å². The van der Waals surface area contributed by atoms with Crippen molar-refractivity contribution in [3.05, 3.63) is 0 Å². The zero-order valence-corrected chi connectivity index (χ0v) is 9.74. The molecule has 5 atom stereocenters. The van der Waals surface area contributed by atoms with Gasteiger partial charge in [-0.25, -0.2) is 0 Å². The summed E-state index contributed by atoms with van der Waals surface area (Å²) in [6.45, 7) is 6.82. The highest BCUT2D eigenvalue weighted by atomic mass is 16.3. The lowest BCUT2D eigenvalue weighted by molar-refractivity contribution is 0.0915. The first-order valence-corrected chi connectivity index (χ1v) is 6.33. The maximum Gasteiger partial charge on any atom is 0.0602 e. The molecule has 5 unspecified atom stereocenters. The van der Waals surface area contributed by atoms with Gasteiger partial charge in [-0.3, -0.25) is 0 Å². The van der Waals surface area contributed by atoms with Gasteiger partial charge >= 0.3 is 0 Å². The SMILES string of the molecule is CCCC1CC2C(CC(C)C)C2C1O. The van der Waals surface area contributed by atoms with Crippen LogP contribution in [0.25, 0.3) is 0 Å². The zero-order valence-electron chi connectivity index (χ0n) is 9.74. The smallest absolute Gasteiger partial charge is 0.0602 e. The van der Waals surface area contributed by atoms with Gasteiger partial charge in [0.15, 0.2) is 0 Å². The van der Waals surface area contributed by atoms with Gasteiger partial charge in [-0.1, -0.05) is 27.2 Å². The second-order valence-corrected chi connectivity index (χ2v) is 5.81. The summed E-state index contributed by atoms with van der Waals surface area (Å²) >= 11 is 0. The third-order valence-corrected chi connectivity index (χ3v) is 4.25. The van der Waals surface area contributed by atoms with Gasteiger partial charge in [0.25, 0.3) is 0 Å². The zero-order chi connectivity index (χ0) is 10.3. The standard InChI is InChI=1S/C13H24O/c1-4-5-9-7-11-10(6-8(2)3)12(11)13(9)14/h8-14H,4-7H2,1-3H3. The van der Waals surface area contributed by atoms with E-state index in [2.05, 4.69) is 20.8 Å². The second kappa shape index (κ2) is 3.84. The molecule has 1 N–H and O–H groups in total. The Kier molecular flexibility index (Phi) is 2.88. The molecule has 1 heteroatoms. The van der Waals surface area contributed by atoms with Crippen molar-refractivity contribution in [3.8, 4) is 0 Å². The van der Waals surface area contributed by atoms with Crippen LogP contribution in [0.2, 0.25) is 0 Å². The summed E-state index contributed by atoms with van der Waals surface area (Å²) in [5.74, 6) is 3.90. The molecule has 0 heterocycles. The minimum Gasteiger partial charge on any atom is -0.393 e. The molecule has 1 nitrogen and oxygen atoms in total. The molecule has 0 radical (unpaired) electrons. The fourth-order valence-corrected chi connectivity index (χ4v) is 3.65. The molecule has 0 aromatic carbocycles. The van der Waals surface area contributed by atoms with Crippen LogP contribution in [0, 0.1) is 29.6 Å². The Bertz CT molecular complexity index is 199. The highest BCUT2D eigenvalue weighted by Gasteiger charge is 2.60. The highest BCUT2D eigenvalue weighted by molar-refractivity contribution is 5.08. The third-order valence-electron chi connectivity index (χ3n) is 4.25. The molecule has 14 heavy (non-hydrogen) atoms. The number of aliphatic hydroxyl groups is 1. The van der Waals surface area contributed by atoms with E-state index in [4.69, 9.17) is 0 Å². The summed E-state index contributed by atoms with van der Waals surface area (Å²) in [4.78, 5) is 0. The van der Waals surface area contributed by atoms with Crippen LogP contribution in [-0.4, -0.2) is 11.2 Å². The number of fused-ring (bicyclic) bond motifs is 1. The molecule has 0 bridgehead atoms. The Hall–Kier alpha value is -0.0400. The lowest BCUT2D eigenvalue weighted by atomic mass is 9.90. The van der Waals surface area contributed by atoms with E-state index in [0.717, 1.165) is 17.8 Å². The van der Waals surface area contributed by atoms with Crippen molar-refractivity contribution in [1.29, 1.82) is 0 Å². The lowest BCUT2D eigenvalue weighted by Crippen LogP contribution is -2.20. The summed E-state index contributed by atoms with van der Waals surface area (Å²) < 4.78 is 0. The Labute approximate surface area is 87.9 Å². The molecular weight excluding hydrogens is 172 g/mol. The average molecular weight is 196 g/mol. The molecule has 0 aliphatic heterocycles. The summed E-state index contributed by atoms with van der Waals surface area (Å²) in [6.07, 6.45) is 5.17. The topological polar surface area (TPSA) is 20.2 Å². The minimum atomic E-state index is 0.0451. The molecule has 0 aromatic heterocycles. The fourth-order valence-electron chi connectivity index (χ4n) is 3.65. The Balaban J connectivity index is 1.82. The van der Waals surface area contributed by atoms with Crippen molar-refractivity contribution in [2.45, 2.75) is 52.6 Å². The molecule has 0 aromatic rings. The molecule has 2 saturated carbocycles. The first kappa shape index (κ1) is 10.5. The van der Waals surface area contributed by atoms with Gasteiger partial charge in [0.05, 0.1) is 6.10 Å². The van der Waals surface area contributed by atoms with Crippen LogP contribution in [-0.2, 0) is 0 Å². The van der Waals surface area contributed by atoms with Crippen molar-refractivity contribution >= 4 is 0 Å². The second-order valence-electron chi connectivity index (χ2n) is 5.81. The van der Waals surface area contributed by atoms with Crippen LogP contribution in [0.15, 0.2) is 0 Å². The van der Waals surface area contributed by atoms with E-state index in [1.54, 1.807) is 0 Å². The van der Waals surface area contributed by atoms with E-state index < -0.39 is 0 Å². The molecule has 82 valence electrons. The van der Waals surface area contributed by atoms with Crippen molar-refractivity contribution < 1.29 is 5.11 Å². The number of aliphatic hydroxyl groups excluding tert-OH is 1. The number of hydrogen-bond donors (Lipinski definition) is 1. The largest absolute Gasteiger partial charge is 0.393 e. The van der Waals surface area contributed by atoms with E-state index in [0.29, 0.717) is 11.8 Å². The van der Waals surface area contributed by atoms with Crippen molar-refractivity contribution in [1.82, 2.24) is 0 Å². The maximum absolute atomic E-state index is 10.1. The summed E-state index contributed by atoms with van der Waals surface area (Å²) in [5.41, 5.74) is 0. The predicted octanol–water partition coefficient (Wildman–Crippen LogP) is 3.08. The van der Waals surface area contributed by atoms with Gasteiger partial charge < -0.3 is 5.11 Å². The van der Waals surface area contributed by atoms with Crippen LogP contribution in [0.1, 0.15) is 46.5 Å². The van der Waals surface area contributed by atoms with Crippen LogP contribution in [0.3, 0.4) is 0 Å². The van der Waals surface area contributed by atoms with Gasteiger partial charge in [-0.2, -0.15) is 0 Å². The first-order chi connectivity index (χ1) is 6.65. The normalized spacial score (nSPS) is 45.6. The van der Waals surface area contributed by atoms with E-state index >= 15 is 0 Å². The number of rotatable bonds is 4. The summed E-state index contributed by atoms with van der Waals surface area (Å²) in [7, 11) is 0. The van der Waals surface area contributed by atoms with Gasteiger partial charge in [0.1, 0.15) is 0 Å². The van der Waals surface area contributed by atoms with Crippen LogP contribution < -0.4 is 0 Å². The molecule has 2 rings (SSSR count). The van der Waals surface area contributed by atoms with Gasteiger partial charge in [-0.05, 0) is 48.9 Å². The van der Waals surface area contributed by atoms with Crippen molar-refractivity contribution in [2.75, 3.05) is 0 Å². The molecule has 0 amide bonds. The lowest BCUT2D eigenvalue weighted by Gasteiger charge is -2.19. The highest BCUT2D eigenvalue weighted by Crippen LogP contribution is 2.62. The Morgan fingerprint density at radius 1 is 1.36 bits per heavy atom. The monoisotopic (exact) mass is 196 g/mol.